The van der Waals surface area contributed by atoms with Crippen LogP contribution in [0.15, 0.2) is 66.2 Å². The number of nitrogens with zero attached hydrogens (tertiary/aromatic N) is 3. The number of halogens is 2. The van der Waals surface area contributed by atoms with Gasteiger partial charge in [0.25, 0.3) is 17.5 Å². The first-order valence-corrected chi connectivity index (χ1v) is 11.3. The van der Waals surface area contributed by atoms with Crippen molar-refractivity contribution in [2.45, 2.75) is 0 Å². The fourth-order valence-corrected chi connectivity index (χ4v) is 3.97. The van der Waals surface area contributed by atoms with Gasteiger partial charge in [-0.3, -0.25) is 40.0 Å². The van der Waals surface area contributed by atoms with Crippen molar-refractivity contribution >= 4 is 75.5 Å². The fourth-order valence-electron chi connectivity index (χ4n) is 3.32. The number of nitro groups is 2. The molecule has 14 heteroatoms. The fraction of sp³-hybridized carbons (Fsp3) is 0. The van der Waals surface area contributed by atoms with Gasteiger partial charge < -0.3 is 4.74 Å². The van der Waals surface area contributed by atoms with Crippen molar-refractivity contribution in [3.05, 3.63) is 102 Å². The Morgan fingerprint density at radius 3 is 2.32 bits per heavy atom. The van der Waals surface area contributed by atoms with Crippen LogP contribution in [-0.4, -0.2) is 26.8 Å². The van der Waals surface area contributed by atoms with E-state index in [1.165, 1.54) is 42.5 Å². The van der Waals surface area contributed by atoms with E-state index in [0.717, 1.165) is 23.1 Å². The van der Waals surface area contributed by atoms with Crippen LogP contribution >= 0.6 is 35.4 Å². The predicted molar refractivity (Wildman–Crippen MR) is 139 cm³/mol. The third-order valence-electron chi connectivity index (χ3n) is 5.04. The van der Waals surface area contributed by atoms with Crippen LogP contribution in [0.3, 0.4) is 0 Å². The Balaban J connectivity index is 1.61. The number of hydrogen-bond acceptors (Lipinski definition) is 8. The van der Waals surface area contributed by atoms with Crippen LogP contribution < -0.4 is 15.0 Å². The van der Waals surface area contributed by atoms with Crippen LogP contribution in [0.4, 0.5) is 17.1 Å². The molecular weight excluding hydrogens is 547 g/mol. The Bertz CT molecular complexity index is 1530. The minimum Gasteiger partial charge on any atom is -0.450 e. The quantitative estimate of drug-likeness (QED) is 0.138. The molecule has 1 N–H and O–H groups in total. The number of carbonyl (C=O) groups excluding carboxylic acids is 2. The van der Waals surface area contributed by atoms with E-state index in [4.69, 9.17) is 40.2 Å². The van der Waals surface area contributed by atoms with Crippen LogP contribution in [0.1, 0.15) is 5.56 Å². The van der Waals surface area contributed by atoms with E-state index in [1.807, 2.05) is 0 Å². The number of nitrogens with one attached hydrogen (secondary N) is 1. The van der Waals surface area contributed by atoms with Crippen molar-refractivity contribution in [2.24, 2.45) is 0 Å². The van der Waals surface area contributed by atoms with Crippen molar-refractivity contribution in [2.75, 3.05) is 4.90 Å². The summed E-state index contributed by atoms with van der Waals surface area (Å²) in [7, 11) is 0. The third kappa shape index (κ3) is 5.26. The highest BCUT2D eigenvalue weighted by Gasteiger charge is 2.35. The molecule has 0 radical (unpaired) electrons. The Hall–Kier alpha value is -4.39. The number of benzene rings is 3. The summed E-state index contributed by atoms with van der Waals surface area (Å²) in [5.74, 6) is -1.47. The van der Waals surface area contributed by atoms with E-state index in [1.54, 1.807) is 6.07 Å². The lowest BCUT2D eigenvalue weighted by Crippen LogP contribution is -2.54. The largest absolute Gasteiger partial charge is 0.450 e. The maximum Gasteiger partial charge on any atom is 0.318 e. The first-order chi connectivity index (χ1) is 17.6. The van der Waals surface area contributed by atoms with Crippen LogP contribution in [0.2, 0.25) is 10.0 Å². The Kier molecular flexibility index (Phi) is 7.16. The second-order valence-electron chi connectivity index (χ2n) is 7.37. The van der Waals surface area contributed by atoms with Crippen molar-refractivity contribution in [3.8, 4) is 11.5 Å². The zero-order valence-corrected chi connectivity index (χ0v) is 20.5. The number of non-ortho nitro benzene ring substituents is 1. The van der Waals surface area contributed by atoms with E-state index in [-0.39, 0.29) is 37.9 Å². The highest BCUT2D eigenvalue weighted by Crippen LogP contribution is 2.36. The molecule has 0 spiro atoms. The normalized spacial score (nSPS) is 14.5. The number of nitro benzene ring substituents is 2. The molecule has 1 fully saturated rings. The van der Waals surface area contributed by atoms with E-state index < -0.39 is 33.0 Å². The topological polar surface area (TPSA) is 145 Å². The van der Waals surface area contributed by atoms with E-state index in [0.29, 0.717) is 5.56 Å². The lowest BCUT2D eigenvalue weighted by molar-refractivity contribution is -0.394. The van der Waals surface area contributed by atoms with Gasteiger partial charge in [-0.15, -0.1) is 0 Å². The average Bonchev–Trinajstić information content (AvgIpc) is 2.85. The van der Waals surface area contributed by atoms with Crippen molar-refractivity contribution in [1.82, 2.24) is 5.32 Å². The van der Waals surface area contributed by atoms with Gasteiger partial charge in [-0.25, -0.2) is 0 Å². The minimum atomic E-state index is -0.795. The molecule has 1 saturated heterocycles. The highest BCUT2D eigenvalue weighted by molar-refractivity contribution is 7.80. The first-order valence-electron chi connectivity index (χ1n) is 10.1. The van der Waals surface area contributed by atoms with Crippen LogP contribution in [0, 0.1) is 20.2 Å². The second kappa shape index (κ2) is 10.3. The zero-order chi connectivity index (χ0) is 26.9. The predicted octanol–water partition coefficient (Wildman–Crippen LogP) is 5.43. The number of anilines is 1. The summed E-state index contributed by atoms with van der Waals surface area (Å²) in [5.41, 5.74) is -0.647. The first kappa shape index (κ1) is 25.7. The Morgan fingerprint density at radius 2 is 1.68 bits per heavy atom. The number of amides is 2. The van der Waals surface area contributed by atoms with Gasteiger partial charge in [0.1, 0.15) is 11.3 Å². The molecule has 37 heavy (non-hydrogen) atoms. The van der Waals surface area contributed by atoms with Crippen LogP contribution in [-0.2, 0) is 9.59 Å². The second-order valence-corrected chi connectivity index (χ2v) is 8.54. The standard InChI is InChI=1S/C23H12Cl2N4O7S/c24-16-2-1-3-17(20(16)25)27-22(31)15(21(30)26-23(27)37)10-12-4-7-14(8-5-12)36-19-9-6-13(28(32)33)11-18(19)29(34)35/h1-11H,(H,26,30,37)/b15-10+. The van der Waals surface area contributed by atoms with Gasteiger partial charge in [0.05, 0.1) is 31.6 Å². The Labute approximate surface area is 223 Å². The number of hydrogen-bond donors (Lipinski definition) is 1. The number of thiocarbonyl (C=S) groups is 1. The Morgan fingerprint density at radius 1 is 0.973 bits per heavy atom. The number of rotatable bonds is 6. The molecule has 2 amide bonds. The van der Waals surface area contributed by atoms with Gasteiger partial charge in [0.15, 0.2) is 5.11 Å². The van der Waals surface area contributed by atoms with E-state index in [2.05, 4.69) is 5.32 Å². The molecule has 186 valence electrons. The SMILES string of the molecule is O=C1NC(=S)N(c2cccc(Cl)c2Cl)C(=O)/C1=C/c1ccc(Oc2ccc([N+](=O)[O-])cc2[N+](=O)[O-])cc1. The highest BCUT2D eigenvalue weighted by atomic mass is 35.5. The monoisotopic (exact) mass is 558 g/mol. The van der Waals surface area contributed by atoms with Crippen molar-refractivity contribution < 1.29 is 24.2 Å². The molecule has 1 aliphatic rings. The molecule has 0 bridgehead atoms. The van der Waals surface area contributed by atoms with Gasteiger partial charge in [-0.1, -0.05) is 41.4 Å². The van der Waals surface area contributed by atoms with Crippen LogP contribution in [0.5, 0.6) is 11.5 Å². The van der Waals surface area contributed by atoms with E-state index in [9.17, 15) is 29.8 Å². The molecule has 3 aromatic carbocycles. The van der Waals surface area contributed by atoms with Crippen LogP contribution in [0.25, 0.3) is 6.08 Å². The summed E-state index contributed by atoms with van der Waals surface area (Å²) in [6, 6.07) is 13.5. The third-order valence-corrected chi connectivity index (χ3v) is 6.14. The van der Waals surface area contributed by atoms with Gasteiger partial charge in [0.2, 0.25) is 5.75 Å². The van der Waals surface area contributed by atoms with Gasteiger partial charge >= 0.3 is 5.69 Å². The summed E-state index contributed by atoms with van der Waals surface area (Å²) < 4.78 is 5.52. The van der Waals surface area contributed by atoms with Gasteiger partial charge in [-0.2, -0.15) is 0 Å². The molecule has 0 saturated carbocycles. The summed E-state index contributed by atoms with van der Waals surface area (Å²) in [6.07, 6.45) is 1.32. The maximum absolute atomic E-state index is 13.2. The molecule has 0 aliphatic carbocycles. The summed E-state index contributed by atoms with van der Waals surface area (Å²) in [5, 5.41) is 24.8. The summed E-state index contributed by atoms with van der Waals surface area (Å²) >= 11 is 17.4. The minimum absolute atomic E-state index is 0.0807. The molecule has 1 heterocycles. The molecule has 4 rings (SSSR count). The molecule has 1 aliphatic heterocycles. The molecule has 0 aromatic heterocycles. The lowest BCUT2D eigenvalue weighted by Gasteiger charge is -2.29. The molecule has 3 aromatic rings. The number of ether oxygens (including phenoxy) is 1. The lowest BCUT2D eigenvalue weighted by atomic mass is 10.1. The van der Waals surface area contributed by atoms with Gasteiger partial charge in [0, 0.05) is 6.07 Å². The van der Waals surface area contributed by atoms with Crippen molar-refractivity contribution in [3.63, 3.8) is 0 Å². The molecule has 0 unspecified atom stereocenters. The summed E-state index contributed by atoms with van der Waals surface area (Å²) in [4.78, 5) is 47.4. The summed E-state index contributed by atoms with van der Waals surface area (Å²) in [6.45, 7) is 0. The van der Waals surface area contributed by atoms with Crippen molar-refractivity contribution in [1.29, 1.82) is 0 Å². The van der Waals surface area contributed by atoms with E-state index >= 15 is 0 Å². The molecule has 0 atom stereocenters. The number of carbonyl (C=O) groups is 2. The molecular formula is C23H12Cl2N4O7S. The smallest absolute Gasteiger partial charge is 0.318 e. The van der Waals surface area contributed by atoms with Gasteiger partial charge in [-0.05, 0) is 54.2 Å². The maximum atomic E-state index is 13.2. The average molecular weight is 559 g/mol. The zero-order valence-electron chi connectivity index (χ0n) is 18.2. The molecule has 11 nitrogen and oxygen atoms in total.